The molecular formula is C60H44N2Si. The molecule has 1 heterocycles. The normalized spacial score (nSPS) is 12.3. The van der Waals surface area contributed by atoms with Crippen molar-refractivity contribution < 1.29 is 0 Å². The fourth-order valence-electron chi connectivity index (χ4n) is 9.75. The van der Waals surface area contributed by atoms with Crippen molar-refractivity contribution in [2.75, 3.05) is 9.80 Å². The second-order valence-electron chi connectivity index (χ2n) is 16.1. The Kier molecular flexibility index (Phi) is 9.93. The first-order valence-electron chi connectivity index (χ1n) is 21.7. The summed E-state index contributed by atoms with van der Waals surface area (Å²) in [6.07, 6.45) is 0. The molecular weight excluding hydrogens is 777 g/mol. The van der Waals surface area contributed by atoms with E-state index in [0.29, 0.717) is 0 Å². The molecule has 10 aromatic rings. The molecule has 0 radical (unpaired) electrons. The lowest BCUT2D eigenvalue weighted by Crippen LogP contribution is -2.72. The second-order valence-corrected chi connectivity index (χ2v) is 19.8. The molecule has 0 saturated heterocycles. The Balaban J connectivity index is 1.06. The van der Waals surface area contributed by atoms with Crippen LogP contribution in [0.2, 0.25) is 0 Å². The molecule has 0 fully saturated rings. The van der Waals surface area contributed by atoms with Crippen LogP contribution in [0.1, 0.15) is 0 Å². The molecule has 11 rings (SSSR count). The molecule has 0 atom stereocenters. The van der Waals surface area contributed by atoms with E-state index in [1.165, 1.54) is 54.1 Å². The van der Waals surface area contributed by atoms with Gasteiger partial charge >= 0.3 is 0 Å². The third-order valence-corrected chi connectivity index (χ3v) is 17.4. The van der Waals surface area contributed by atoms with E-state index in [1.54, 1.807) is 0 Å². The van der Waals surface area contributed by atoms with Crippen molar-refractivity contribution in [2.45, 2.75) is 0 Å². The highest BCUT2D eigenvalue weighted by molar-refractivity contribution is 7.22. The van der Waals surface area contributed by atoms with E-state index >= 15 is 0 Å². The Morgan fingerprint density at radius 3 is 1.03 bits per heavy atom. The highest BCUT2D eigenvalue weighted by Crippen LogP contribution is 2.41. The summed E-state index contributed by atoms with van der Waals surface area (Å²) in [6.45, 7) is 0. The summed E-state index contributed by atoms with van der Waals surface area (Å²) in [4.78, 5) is 4.65. The Morgan fingerprint density at radius 2 is 0.603 bits per heavy atom. The minimum atomic E-state index is -2.80. The predicted molar refractivity (Wildman–Crippen MR) is 269 cm³/mol. The van der Waals surface area contributed by atoms with Gasteiger partial charge in [0.05, 0.1) is 0 Å². The molecule has 0 spiro atoms. The van der Waals surface area contributed by atoms with Gasteiger partial charge in [0.25, 0.3) is 0 Å². The summed E-state index contributed by atoms with van der Waals surface area (Å²) in [5.41, 5.74) is 14.3. The van der Waals surface area contributed by atoms with Gasteiger partial charge in [-0.1, -0.05) is 194 Å². The van der Waals surface area contributed by atoms with E-state index in [0.717, 1.165) is 34.1 Å². The van der Waals surface area contributed by atoms with Crippen molar-refractivity contribution in [3.8, 4) is 33.4 Å². The fourth-order valence-corrected chi connectivity index (χ4v) is 15.0. The van der Waals surface area contributed by atoms with Gasteiger partial charge in [-0.2, -0.15) is 0 Å². The summed E-state index contributed by atoms with van der Waals surface area (Å²) in [7, 11) is -2.80. The standard InChI is InChI=1S/C60H44N2Si/c1-7-20-48(21-8-1)61(49-22-9-2-10-23-49)52-39-34-45(35-40-52)47-38-43-57-59(44-47)63(54-28-15-5-16-29-54,55-30-17-6-18-31-55)58-33-19-32-56(60(57)58)46-36-41-53(42-37-46)62(50-24-11-3-12-25-50)51-26-13-4-14-27-51/h1-44H. The number of para-hydroxylation sites is 4. The van der Waals surface area contributed by atoms with Crippen LogP contribution in [0.25, 0.3) is 33.4 Å². The third kappa shape index (κ3) is 6.76. The first-order valence-corrected chi connectivity index (χ1v) is 23.7. The molecule has 0 amide bonds. The monoisotopic (exact) mass is 820 g/mol. The second kappa shape index (κ2) is 16.5. The average molecular weight is 821 g/mol. The van der Waals surface area contributed by atoms with E-state index < -0.39 is 8.07 Å². The molecule has 63 heavy (non-hydrogen) atoms. The van der Waals surface area contributed by atoms with Gasteiger partial charge in [0, 0.05) is 34.1 Å². The van der Waals surface area contributed by atoms with E-state index in [1.807, 2.05) is 0 Å². The minimum absolute atomic E-state index is 1.12. The summed E-state index contributed by atoms with van der Waals surface area (Å²) in [5, 5.41) is 5.63. The number of hydrogen-bond donors (Lipinski definition) is 0. The van der Waals surface area contributed by atoms with E-state index in [4.69, 9.17) is 0 Å². The molecule has 0 N–H and O–H groups in total. The number of benzene rings is 10. The molecule has 0 aliphatic carbocycles. The molecule has 0 aromatic heterocycles. The van der Waals surface area contributed by atoms with Crippen LogP contribution in [0.5, 0.6) is 0 Å². The Morgan fingerprint density at radius 1 is 0.238 bits per heavy atom. The molecule has 0 unspecified atom stereocenters. The zero-order chi connectivity index (χ0) is 42.0. The van der Waals surface area contributed by atoms with Crippen molar-refractivity contribution in [1.82, 2.24) is 0 Å². The van der Waals surface area contributed by atoms with Gasteiger partial charge in [0.2, 0.25) is 0 Å². The maximum Gasteiger partial charge on any atom is 0.180 e. The third-order valence-electron chi connectivity index (χ3n) is 12.5. The van der Waals surface area contributed by atoms with Crippen molar-refractivity contribution in [2.24, 2.45) is 0 Å². The van der Waals surface area contributed by atoms with Crippen LogP contribution in [0, 0.1) is 0 Å². The maximum absolute atomic E-state index is 2.80. The Hall–Kier alpha value is -7.98. The number of hydrogen-bond acceptors (Lipinski definition) is 2. The Labute approximate surface area is 371 Å². The largest absolute Gasteiger partial charge is 0.311 e. The average Bonchev–Trinajstić information content (AvgIpc) is 3.67. The van der Waals surface area contributed by atoms with Crippen LogP contribution in [0.3, 0.4) is 0 Å². The molecule has 1 aliphatic rings. The van der Waals surface area contributed by atoms with Gasteiger partial charge in [0.15, 0.2) is 8.07 Å². The number of rotatable bonds is 10. The molecule has 2 nitrogen and oxygen atoms in total. The zero-order valence-corrected chi connectivity index (χ0v) is 35.8. The number of fused-ring (bicyclic) bond motifs is 3. The highest BCUT2D eigenvalue weighted by Gasteiger charge is 2.49. The lowest BCUT2D eigenvalue weighted by Gasteiger charge is -2.31. The molecule has 0 saturated carbocycles. The zero-order valence-electron chi connectivity index (χ0n) is 34.8. The predicted octanol–water partition coefficient (Wildman–Crippen LogP) is 13.3. The highest BCUT2D eigenvalue weighted by atomic mass is 28.3. The summed E-state index contributed by atoms with van der Waals surface area (Å²) < 4.78 is 0. The van der Waals surface area contributed by atoms with Crippen molar-refractivity contribution >= 4 is 62.9 Å². The number of anilines is 6. The van der Waals surface area contributed by atoms with E-state index in [2.05, 4.69) is 277 Å². The van der Waals surface area contributed by atoms with Gasteiger partial charge < -0.3 is 9.80 Å². The molecule has 298 valence electrons. The van der Waals surface area contributed by atoms with Crippen molar-refractivity contribution in [3.63, 3.8) is 0 Å². The molecule has 0 bridgehead atoms. The van der Waals surface area contributed by atoms with Gasteiger partial charge in [-0.05, 0) is 127 Å². The lowest BCUT2D eigenvalue weighted by atomic mass is 9.93. The summed E-state index contributed by atoms with van der Waals surface area (Å²) in [6, 6.07) is 97.6. The topological polar surface area (TPSA) is 6.48 Å². The van der Waals surface area contributed by atoms with Crippen LogP contribution in [0.15, 0.2) is 267 Å². The van der Waals surface area contributed by atoms with Crippen molar-refractivity contribution in [1.29, 1.82) is 0 Å². The van der Waals surface area contributed by atoms with Crippen molar-refractivity contribution in [3.05, 3.63) is 267 Å². The van der Waals surface area contributed by atoms with E-state index in [9.17, 15) is 0 Å². The lowest BCUT2D eigenvalue weighted by molar-refractivity contribution is 1.28. The van der Waals surface area contributed by atoms with Crippen LogP contribution in [-0.2, 0) is 0 Å². The van der Waals surface area contributed by atoms with Gasteiger partial charge in [-0.25, -0.2) is 0 Å². The van der Waals surface area contributed by atoms with Crippen LogP contribution in [-0.4, -0.2) is 8.07 Å². The minimum Gasteiger partial charge on any atom is -0.311 e. The van der Waals surface area contributed by atoms with Crippen LogP contribution in [0.4, 0.5) is 34.1 Å². The summed E-state index contributed by atoms with van der Waals surface area (Å²) in [5.74, 6) is 0. The van der Waals surface area contributed by atoms with Gasteiger partial charge in [0.1, 0.15) is 0 Å². The quantitative estimate of drug-likeness (QED) is 0.127. The van der Waals surface area contributed by atoms with Gasteiger partial charge in [-0.15, -0.1) is 0 Å². The van der Waals surface area contributed by atoms with Crippen LogP contribution >= 0.6 is 0 Å². The Bertz CT molecular complexity index is 3000. The first-order chi connectivity index (χ1) is 31.3. The first kappa shape index (κ1) is 38.0. The molecule has 10 aromatic carbocycles. The van der Waals surface area contributed by atoms with Gasteiger partial charge in [-0.3, -0.25) is 0 Å². The van der Waals surface area contributed by atoms with Crippen LogP contribution < -0.4 is 30.5 Å². The van der Waals surface area contributed by atoms with E-state index in [-0.39, 0.29) is 0 Å². The molecule has 1 aliphatic heterocycles. The molecule has 3 heteroatoms. The SMILES string of the molecule is c1ccc(N(c2ccccc2)c2ccc(-c3ccc4c(c3)[Si](c3ccccc3)(c3ccccc3)c3cccc(-c5ccc(N(c6ccccc6)c6ccccc6)cc5)c3-4)cc2)cc1. The maximum atomic E-state index is 2.52. The summed E-state index contributed by atoms with van der Waals surface area (Å²) >= 11 is 0. The number of nitrogens with zero attached hydrogens (tertiary/aromatic N) is 2. The fraction of sp³-hybridized carbons (Fsp3) is 0. The smallest absolute Gasteiger partial charge is 0.180 e.